The Kier molecular flexibility index (Phi) is 5.50. The van der Waals surface area contributed by atoms with Gasteiger partial charge in [0.25, 0.3) is 5.91 Å². The van der Waals surface area contributed by atoms with Gasteiger partial charge < -0.3 is 20.2 Å². The molecule has 0 spiro atoms. The smallest absolute Gasteiger partial charge is 0.257 e. The van der Waals surface area contributed by atoms with Crippen LogP contribution >= 0.6 is 0 Å². The standard InChI is InChI=1S/C19H24N4O2/c1-22(12-13-24)17-7-5-16(6-8-17)21-19(25)15-4-9-18(20-14-15)23-10-2-3-11-23/h4-9,14,24H,2-3,10-13H2,1H3,(H,21,25). The lowest BCUT2D eigenvalue weighted by atomic mass is 10.2. The van der Waals surface area contributed by atoms with Crippen molar-refractivity contribution in [2.75, 3.05) is 48.4 Å². The number of rotatable bonds is 6. The number of amides is 1. The third-order valence-electron chi connectivity index (χ3n) is 4.44. The van der Waals surface area contributed by atoms with Gasteiger partial charge in [0.2, 0.25) is 0 Å². The van der Waals surface area contributed by atoms with E-state index >= 15 is 0 Å². The summed E-state index contributed by atoms with van der Waals surface area (Å²) in [5.41, 5.74) is 2.27. The zero-order valence-electron chi connectivity index (χ0n) is 14.5. The molecule has 0 unspecified atom stereocenters. The number of carbonyl (C=O) groups is 1. The second-order valence-corrected chi connectivity index (χ2v) is 6.25. The number of aliphatic hydroxyl groups excluding tert-OH is 1. The van der Waals surface area contributed by atoms with Gasteiger partial charge in [-0.25, -0.2) is 4.98 Å². The van der Waals surface area contributed by atoms with Crippen molar-refractivity contribution in [1.82, 2.24) is 4.98 Å². The van der Waals surface area contributed by atoms with Gasteiger partial charge in [-0.05, 0) is 49.2 Å². The molecule has 25 heavy (non-hydrogen) atoms. The number of nitrogens with one attached hydrogen (secondary N) is 1. The van der Waals surface area contributed by atoms with Gasteiger partial charge in [0.05, 0.1) is 12.2 Å². The number of pyridine rings is 1. The summed E-state index contributed by atoms with van der Waals surface area (Å²) in [6.45, 7) is 2.75. The first-order chi connectivity index (χ1) is 12.2. The molecule has 2 aromatic rings. The summed E-state index contributed by atoms with van der Waals surface area (Å²) >= 11 is 0. The number of carbonyl (C=O) groups excluding carboxylic acids is 1. The van der Waals surface area contributed by atoms with Crippen molar-refractivity contribution in [1.29, 1.82) is 0 Å². The van der Waals surface area contributed by atoms with E-state index in [0.717, 1.165) is 30.3 Å². The van der Waals surface area contributed by atoms with Crippen molar-refractivity contribution in [3.63, 3.8) is 0 Å². The fraction of sp³-hybridized carbons (Fsp3) is 0.368. The Labute approximate surface area is 148 Å². The molecule has 1 aromatic carbocycles. The summed E-state index contributed by atoms with van der Waals surface area (Å²) in [4.78, 5) is 21.0. The molecule has 1 aromatic heterocycles. The SMILES string of the molecule is CN(CCO)c1ccc(NC(=O)c2ccc(N3CCCC3)nc2)cc1. The van der Waals surface area contributed by atoms with E-state index in [2.05, 4.69) is 15.2 Å². The van der Waals surface area contributed by atoms with Gasteiger partial charge in [0.1, 0.15) is 5.82 Å². The molecule has 1 amide bonds. The maximum absolute atomic E-state index is 12.4. The van der Waals surface area contributed by atoms with Crippen LogP contribution in [0.5, 0.6) is 0 Å². The molecule has 0 bridgehead atoms. The van der Waals surface area contributed by atoms with E-state index in [-0.39, 0.29) is 12.5 Å². The predicted molar refractivity (Wildman–Crippen MR) is 100 cm³/mol. The van der Waals surface area contributed by atoms with E-state index in [1.54, 1.807) is 6.20 Å². The van der Waals surface area contributed by atoms with Gasteiger partial charge in [-0.3, -0.25) is 4.79 Å². The minimum Gasteiger partial charge on any atom is -0.395 e. The van der Waals surface area contributed by atoms with E-state index < -0.39 is 0 Å². The van der Waals surface area contributed by atoms with Crippen LogP contribution in [-0.2, 0) is 0 Å². The first-order valence-corrected chi connectivity index (χ1v) is 8.62. The highest BCUT2D eigenvalue weighted by Gasteiger charge is 2.14. The molecule has 0 aliphatic carbocycles. The molecular weight excluding hydrogens is 316 g/mol. The molecule has 6 nitrogen and oxygen atoms in total. The number of hydrogen-bond acceptors (Lipinski definition) is 5. The molecule has 1 saturated heterocycles. The fourth-order valence-electron chi connectivity index (χ4n) is 2.94. The topological polar surface area (TPSA) is 68.7 Å². The monoisotopic (exact) mass is 340 g/mol. The first-order valence-electron chi connectivity index (χ1n) is 8.62. The molecule has 0 radical (unpaired) electrons. The fourth-order valence-corrected chi connectivity index (χ4v) is 2.94. The Morgan fingerprint density at radius 1 is 1.20 bits per heavy atom. The molecule has 1 aliphatic heterocycles. The lowest BCUT2D eigenvalue weighted by Gasteiger charge is -2.18. The zero-order chi connectivity index (χ0) is 17.6. The van der Waals surface area contributed by atoms with Crippen molar-refractivity contribution in [2.24, 2.45) is 0 Å². The van der Waals surface area contributed by atoms with Crippen molar-refractivity contribution in [2.45, 2.75) is 12.8 Å². The summed E-state index contributed by atoms with van der Waals surface area (Å²) < 4.78 is 0. The highest BCUT2D eigenvalue weighted by Crippen LogP contribution is 2.19. The number of likely N-dealkylation sites (N-methyl/N-ethyl adjacent to an activating group) is 1. The highest BCUT2D eigenvalue weighted by molar-refractivity contribution is 6.04. The zero-order valence-corrected chi connectivity index (χ0v) is 14.5. The van der Waals surface area contributed by atoms with Crippen LogP contribution < -0.4 is 15.1 Å². The third-order valence-corrected chi connectivity index (χ3v) is 4.44. The molecule has 0 atom stereocenters. The Morgan fingerprint density at radius 2 is 1.92 bits per heavy atom. The van der Waals surface area contributed by atoms with E-state index in [0.29, 0.717) is 12.1 Å². The van der Waals surface area contributed by atoms with Gasteiger partial charge in [-0.15, -0.1) is 0 Å². The predicted octanol–water partition coefficient (Wildman–Crippen LogP) is 2.36. The Bertz CT molecular complexity index is 694. The molecule has 6 heteroatoms. The highest BCUT2D eigenvalue weighted by atomic mass is 16.3. The maximum Gasteiger partial charge on any atom is 0.257 e. The number of anilines is 3. The number of aromatic nitrogens is 1. The Morgan fingerprint density at radius 3 is 2.52 bits per heavy atom. The van der Waals surface area contributed by atoms with Gasteiger partial charge >= 0.3 is 0 Å². The minimum absolute atomic E-state index is 0.107. The molecular formula is C19H24N4O2. The quantitative estimate of drug-likeness (QED) is 0.845. The lowest BCUT2D eigenvalue weighted by molar-refractivity contribution is 0.102. The van der Waals surface area contributed by atoms with Crippen LogP contribution in [0, 0.1) is 0 Å². The summed E-state index contributed by atoms with van der Waals surface area (Å²) in [7, 11) is 1.91. The average Bonchev–Trinajstić information content (AvgIpc) is 3.17. The Balaban J connectivity index is 1.61. The van der Waals surface area contributed by atoms with Crippen LogP contribution in [-0.4, -0.2) is 49.3 Å². The minimum atomic E-state index is -0.170. The molecule has 0 saturated carbocycles. The molecule has 2 N–H and O–H groups in total. The molecule has 3 rings (SSSR count). The van der Waals surface area contributed by atoms with Crippen molar-refractivity contribution in [3.05, 3.63) is 48.2 Å². The van der Waals surface area contributed by atoms with Gasteiger partial charge in [0.15, 0.2) is 0 Å². The van der Waals surface area contributed by atoms with E-state index in [1.165, 1.54) is 12.8 Å². The number of hydrogen-bond donors (Lipinski definition) is 2. The largest absolute Gasteiger partial charge is 0.395 e. The molecule has 1 fully saturated rings. The van der Waals surface area contributed by atoms with Crippen molar-refractivity contribution >= 4 is 23.1 Å². The normalized spacial score (nSPS) is 13.8. The molecule has 2 heterocycles. The molecule has 132 valence electrons. The summed E-state index contributed by atoms with van der Waals surface area (Å²) in [6, 6.07) is 11.3. The number of benzene rings is 1. The maximum atomic E-state index is 12.4. The summed E-state index contributed by atoms with van der Waals surface area (Å²) in [5, 5.41) is 11.9. The average molecular weight is 340 g/mol. The van der Waals surface area contributed by atoms with Crippen LogP contribution in [0.15, 0.2) is 42.6 Å². The van der Waals surface area contributed by atoms with Crippen LogP contribution in [0.3, 0.4) is 0 Å². The van der Waals surface area contributed by atoms with Crippen LogP contribution in [0.25, 0.3) is 0 Å². The summed E-state index contributed by atoms with van der Waals surface area (Å²) in [6.07, 6.45) is 4.03. The first kappa shape index (κ1) is 17.2. The number of aliphatic hydroxyl groups is 1. The second kappa shape index (κ2) is 7.98. The Hall–Kier alpha value is -2.60. The number of nitrogens with zero attached hydrogens (tertiary/aromatic N) is 3. The molecule has 1 aliphatic rings. The third kappa shape index (κ3) is 4.28. The van der Waals surface area contributed by atoms with Crippen LogP contribution in [0.2, 0.25) is 0 Å². The van der Waals surface area contributed by atoms with Gasteiger partial charge in [-0.2, -0.15) is 0 Å². The van der Waals surface area contributed by atoms with Crippen LogP contribution in [0.4, 0.5) is 17.2 Å². The van der Waals surface area contributed by atoms with E-state index in [1.807, 2.05) is 48.3 Å². The lowest BCUT2D eigenvalue weighted by Crippen LogP contribution is -2.21. The van der Waals surface area contributed by atoms with E-state index in [4.69, 9.17) is 5.11 Å². The van der Waals surface area contributed by atoms with E-state index in [9.17, 15) is 4.79 Å². The van der Waals surface area contributed by atoms with Crippen LogP contribution in [0.1, 0.15) is 23.2 Å². The summed E-state index contributed by atoms with van der Waals surface area (Å²) in [5.74, 6) is 0.766. The van der Waals surface area contributed by atoms with Crippen molar-refractivity contribution in [3.8, 4) is 0 Å². The van der Waals surface area contributed by atoms with Crippen molar-refractivity contribution < 1.29 is 9.90 Å². The second-order valence-electron chi connectivity index (χ2n) is 6.25. The van der Waals surface area contributed by atoms with Gasteiger partial charge in [-0.1, -0.05) is 0 Å². The van der Waals surface area contributed by atoms with Gasteiger partial charge in [0, 0.05) is 44.3 Å².